The molecule has 3 unspecified atom stereocenters. The molecule has 2 aliphatic rings. The van der Waals surface area contributed by atoms with E-state index < -0.39 is 0 Å². The number of likely N-dealkylation sites (tertiary alicyclic amines) is 1. The molecular weight excluding hydrogens is 136 g/mol. The molecule has 1 saturated carbocycles. The summed E-state index contributed by atoms with van der Waals surface area (Å²) in [5.41, 5.74) is 6.52. The summed E-state index contributed by atoms with van der Waals surface area (Å²) in [5.74, 6) is 0.794. The lowest BCUT2D eigenvalue weighted by molar-refractivity contribution is 0.0759. The lowest BCUT2D eigenvalue weighted by Crippen LogP contribution is -2.53. The molecule has 0 amide bonds. The van der Waals surface area contributed by atoms with Gasteiger partial charge in [-0.05, 0) is 24.3 Å². The van der Waals surface area contributed by atoms with Gasteiger partial charge in [-0.2, -0.15) is 0 Å². The zero-order valence-electron chi connectivity index (χ0n) is 7.51. The Hall–Kier alpha value is -0.0800. The molecule has 0 radical (unpaired) electrons. The van der Waals surface area contributed by atoms with E-state index >= 15 is 0 Å². The largest absolute Gasteiger partial charge is 0.327 e. The highest BCUT2D eigenvalue weighted by Gasteiger charge is 2.53. The van der Waals surface area contributed by atoms with Gasteiger partial charge in [0.25, 0.3) is 0 Å². The Bertz CT molecular complexity index is 169. The van der Waals surface area contributed by atoms with Gasteiger partial charge >= 0.3 is 0 Å². The molecule has 2 nitrogen and oxygen atoms in total. The van der Waals surface area contributed by atoms with E-state index in [0.717, 1.165) is 5.92 Å². The van der Waals surface area contributed by atoms with E-state index in [4.69, 9.17) is 5.73 Å². The van der Waals surface area contributed by atoms with Crippen molar-refractivity contribution in [2.24, 2.45) is 17.1 Å². The molecule has 11 heavy (non-hydrogen) atoms. The fourth-order valence-electron chi connectivity index (χ4n) is 2.82. The number of nitrogens with two attached hydrogens (primary N) is 1. The predicted octanol–water partition coefficient (Wildman–Crippen LogP) is 0.675. The van der Waals surface area contributed by atoms with E-state index in [0.29, 0.717) is 11.5 Å². The Morgan fingerprint density at radius 2 is 2.36 bits per heavy atom. The van der Waals surface area contributed by atoms with Crippen LogP contribution in [0.4, 0.5) is 0 Å². The second-order valence-corrected chi connectivity index (χ2v) is 4.46. The first-order valence-corrected chi connectivity index (χ1v) is 4.63. The van der Waals surface area contributed by atoms with Crippen molar-refractivity contribution in [2.45, 2.75) is 26.3 Å². The number of rotatable bonds is 1. The molecule has 3 atom stereocenters. The van der Waals surface area contributed by atoms with Crippen LogP contribution in [0.15, 0.2) is 0 Å². The number of hydrogen-bond donors (Lipinski definition) is 1. The van der Waals surface area contributed by atoms with Crippen molar-refractivity contribution >= 4 is 0 Å². The fraction of sp³-hybridized carbons (Fsp3) is 1.00. The third kappa shape index (κ3) is 0.926. The SMILES string of the molecule is CCN1CC2C(N)CC2(C)C1. The van der Waals surface area contributed by atoms with Gasteiger partial charge in [0.15, 0.2) is 0 Å². The molecule has 0 spiro atoms. The Morgan fingerprint density at radius 3 is 2.82 bits per heavy atom. The Morgan fingerprint density at radius 1 is 1.64 bits per heavy atom. The summed E-state index contributed by atoms with van der Waals surface area (Å²) in [6.07, 6.45) is 1.24. The molecule has 0 bridgehead atoms. The van der Waals surface area contributed by atoms with Crippen LogP contribution in [-0.4, -0.2) is 30.6 Å². The van der Waals surface area contributed by atoms with Gasteiger partial charge in [0.1, 0.15) is 0 Å². The van der Waals surface area contributed by atoms with Crippen LogP contribution in [-0.2, 0) is 0 Å². The predicted molar refractivity (Wildman–Crippen MR) is 46.3 cm³/mol. The summed E-state index contributed by atoms with van der Waals surface area (Å²) >= 11 is 0. The molecule has 0 aromatic rings. The van der Waals surface area contributed by atoms with E-state index in [1.165, 1.54) is 26.1 Å². The Kier molecular flexibility index (Phi) is 1.52. The third-order valence-corrected chi connectivity index (χ3v) is 3.60. The first-order chi connectivity index (χ1) is 5.15. The minimum atomic E-state index is 0.497. The molecule has 2 fully saturated rings. The van der Waals surface area contributed by atoms with Crippen molar-refractivity contribution in [3.63, 3.8) is 0 Å². The molecule has 0 aromatic heterocycles. The van der Waals surface area contributed by atoms with Crippen LogP contribution in [0.2, 0.25) is 0 Å². The van der Waals surface area contributed by atoms with Crippen molar-refractivity contribution in [1.82, 2.24) is 4.90 Å². The van der Waals surface area contributed by atoms with E-state index in [1.807, 2.05) is 0 Å². The monoisotopic (exact) mass is 154 g/mol. The summed E-state index contributed by atoms with van der Waals surface area (Å²) < 4.78 is 0. The zero-order chi connectivity index (χ0) is 8.06. The summed E-state index contributed by atoms with van der Waals surface area (Å²) in [6.45, 7) is 8.34. The van der Waals surface area contributed by atoms with Gasteiger partial charge in [-0.1, -0.05) is 13.8 Å². The first kappa shape index (κ1) is 7.56. The van der Waals surface area contributed by atoms with E-state index in [2.05, 4.69) is 18.7 Å². The number of nitrogens with zero attached hydrogens (tertiary/aromatic N) is 1. The molecule has 0 aromatic carbocycles. The highest BCUT2D eigenvalue weighted by molar-refractivity contribution is 5.07. The highest BCUT2D eigenvalue weighted by Crippen LogP contribution is 2.50. The summed E-state index contributed by atoms with van der Waals surface area (Å²) in [6, 6.07) is 0.497. The normalized spacial score (nSPS) is 50.5. The topological polar surface area (TPSA) is 29.3 Å². The lowest BCUT2D eigenvalue weighted by atomic mass is 9.60. The van der Waals surface area contributed by atoms with Gasteiger partial charge in [0, 0.05) is 19.1 Å². The van der Waals surface area contributed by atoms with Crippen LogP contribution in [0.1, 0.15) is 20.3 Å². The van der Waals surface area contributed by atoms with E-state index in [1.54, 1.807) is 0 Å². The van der Waals surface area contributed by atoms with Gasteiger partial charge < -0.3 is 10.6 Å². The standard InChI is InChI=1S/C9H18N2/c1-3-11-5-7-8(10)4-9(7,2)6-11/h7-8H,3-6,10H2,1-2H3. The first-order valence-electron chi connectivity index (χ1n) is 4.63. The average molecular weight is 154 g/mol. The Labute approximate surface area is 68.7 Å². The molecule has 2 heteroatoms. The second kappa shape index (κ2) is 2.20. The average Bonchev–Trinajstić information content (AvgIpc) is 2.22. The molecule has 1 aliphatic heterocycles. The summed E-state index contributed by atoms with van der Waals surface area (Å²) in [5, 5.41) is 0. The minimum Gasteiger partial charge on any atom is -0.327 e. The van der Waals surface area contributed by atoms with Crippen molar-refractivity contribution in [1.29, 1.82) is 0 Å². The summed E-state index contributed by atoms with van der Waals surface area (Å²) in [4.78, 5) is 2.53. The molecular formula is C9H18N2. The van der Waals surface area contributed by atoms with Crippen LogP contribution in [0.25, 0.3) is 0 Å². The van der Waals surface area contributed by atoms with Crippen LogP contribution in [0.3, 0.4) is 0 Å². The molecule has 2 rings (SSSR count). The van der Waals surface area contributed by atoms with E-state index in [9.17, 15) is 0 Å². The van der Waals surface area contributed by atoms with Crippen LogP contribution in [0.5, 0.6) is 0 Å². The molecule has 2 N–H and O–H groups in total. The van der Waals surface area contributed by atoms with Gasteiger partial charge in [0.05, 0.1) is 0 Å². The lowest BCUT2D eigenvalue weighted by Gasteiger charge is -2.46. The fourth-order valence-corrected chi connectivity index (χ4v) is 2.82. The quantitative estimate of drug-likeness (QED) is 0.601. The second-order valence-electron chi connectivity index (χ2n) is 4.46. The van der Waals surface area contributed by atoms with Crippen molar-refractivity contribution in [2.75, 3.05) is 19.6 Å². The van der Waals surface area contributed by atoms with Gasteiger partial charge in [-0.3, -0.25) is 0 Å². The maximum Gasteiger partial charge on any atom is 0.00908 e. The number of fused-ring (bicyclic) bond motifs is 1. The summed E-state index contributed by atoms with van der Waals surface area (Å²) in [7, 11) is 0. The zero-order valence-corrected chi connectivity index (χ0v) is 7.51. The van der Waals surface area contributed by atoms with Crippen LogP contribution >= 0.6 is 0 Å². The van der Waals surface area contributed by atoms with Crippen molar-refractivity contribution < 1.29 is 0 Å². The van der Waals surface area contributed by atoms with Crippen LogP contribution < -0.4 is 5.73 Å². The smallest absolute Gasteiger partial charge is 0.00908 e. The van der Waals surface area contributed by atoms with Gasteiger partial charge in [-0.15, -0.1) is 0 Å². The van der Waals surface area contributed by atoms with E-state index in [-0.39, 0.29) is 0 Å². The molecule has 64 valence electrons. The maximum absolute atomic E-state index is 5.94. The minimum absolute atomic E-state index is 0.497. The van der Waals surface area contributed by atoms with Crippen molar-refractivity contribution in [3.8, 4) is 0 Å². The van der Waals surface area contributed by atoms with Crippen molar-refractivity contribution in [3.05, 3.63) is 0 Å². The Balaban J connectivity index is 2.04. The maximum atomic E-state index is 5.94. The van der Waals surface area contributed by atoms with Crippen LogP contribution in [0, 0.1) is 11.3 Å². The molecule has 1 heterocycles. The highest BCUT2D eigenvalue weighted by atomic mass is 15.2. The molecule has 1 saturated heterocycles. The van der Waals surface area contributed by atoms with Gasteiger partial charge in [-0.25, -0.2) is 0 Å². The third-order valence-electron chi connectivity index (χ3n) is 3.60. The number of hydrogen-bond acceptors (Lipinski definition) is 2. The van der Waals surface area contributed by atoms with Gasteiger partial charge in [0.2, 0.25) is 0 Å². The molecule has 1 aliphatic carbocycles.